The topological polar surface area (TPSA) is 122 Å². The van der Waals surface area contributed by atoms with Gasteiger partial charge in [-0.3, -0.25) is 19.2 Å². The number of amides is 2. The number of carbonyl (C=O) groups is 3. The zero-order valence-corrected chi connectivity index (χ0v) is 28.2. The van der Waals surface area contributed by atoms with Gasteiger partial charge in [0.15, 0.2) is 5.78 Å². The fraction of sp³-hybridized carbons (Fsp3) is 0.316. The first-order valence-electron chi connectivity index (χ1n) is 16.4. The highest BCUT2D eigenvalue weighted by atomic mass is 19.1. The van der Waals surface area contributed by atoms with Crippen LogP contribution in [0.25, 0.3) is 11.3 Å². The van der Waals surface area contributed by atoms with Gasteiger partial charge in [-0.05, 0) is 97.7 Å². The lowest BCUT2D eigenvalue weighted by atomic mass is 9.99. The van der Waals surface area contributed by atoms with Crippen LogP contribution in [0.4, 0.5) is 15.8 Å². The molecule has 11 heteroatoms. The first-order valence-corrected chi connectivity index (χ1v) is 16.4. The summed E-state index contributed by atoms with van der Waals surface area (Å²) in [5.74, 6) is -1.05. The number of hydrogen-bond acceptors (Lipinski definition) is 7. The van der Waals surface area contributed by atoms with Crippen molar-refractivity contribution in [2.75, 3.05) is 50.1 Å². The SMILES string of the molecule is CNC(C)C(=O)Nc1ccc(-c2cccc(C(=O)NCC(C)C)c2)n(Cc2cc(C(=O)c3ccc(F)cc3)cc(N3CCOCC3)c2)c1=O. The molecular formula is C38H42FN5O5. The van der Waals surface area contributed by atoms with Crippen molar-refractivity contribution in [2.45, 2.75) is 33.4 Å². The molecule has 5 rings (SSSR count). The Labute approximate surface area is 285 Å². The molecule has 0 spiro atoms. The van der Waals surface area contributed by atoms with Crippen LogP contribution in [0, 0.1) is 11.7 Å². The number of ether oxygens (including phenoxy) is 1. The number of aromatic nitrogens is 1. The molecule has 0 bridgehead atoms. The minimum Gasteiger partial charge on any atom is -0.378 e. The summed E-state index contributed by atoms with van der Waals surface area (Å²) in [7, 11) is 1.65. The number of hydrogen-bond donors (Lipinski definition) is 3. The van der Waals surface area contributed by atoms with E-state index in [4.69, 9.17) is 4.74 Å². The maximum absolute atomic E-state index is 14.2. The van der Waals surface area contributed by atoms with Crippen LogP contribution >= 0.6 is 0 Å². The molecular weight excluding hydrogens is 625 g/mol. The largest absolute Gasteiger partial charge is 0.378 e. The van der Waals surface area contributed by atoms with Crippen LogP contribution in [0.2, 0.25) is 0 Å². The lowest BCUT2D eigenvalue weighted by Crippen LogP contribution is -2.37. The van der Waals surface area contributed by atoms with Crippen molar-refractivity contribution in [3.05, 3.63) is 117 Å². The number of ketones is 1. The Morgan fingerprint density at radius 1 is 0.878 bits per heavy atom. The summed E-state index contributed by atoms with van der Waals surface area (Å²) >= 11 is 0. The van der Waals surface area contributed by atoms with Crippen molar-refractivity contribution >= 4 is 29.0 Å². The monoisotopic (exact) mass is 667 g/mol. The normalized spacial score (nSPS) is 13.6. The van der Waals surface area contributed by atoms with E-state index in [1.807, 2.05) is 26.0 Å². The summed E-state index contributed by atoms with van der Waals surface area (Å²) in [6, 6.07) is 20.7. The molecule has 1 atom stereocenters. The predicted octanol–water partition coefficient (Wildman–Crippen LogP) is 4.70. The van der Waals surface area contributed by atoms with E-state index in [9.17, 15) is 23.6 Å². The number of carbonyl (C=O) groups excluding carboxylic acids is 3. The van der Waals surface area contributed by atoms with E-state index in [1.54, 1.807) is 56.4 Å². The molecule has 1 aliphatic rings. The zero-order chi connectivity index (χ0) is 35.1. The summed E-state index contributed by atoms with van der Waals surface area (Å²) in [6.45, 7) is 8.59. The number of benzene rings is 3. The van der Waals surface area contributed by atoms with Gasteiger partial charge in [0.2, 0.25) is 5.91 Å². The number of pyridine rings is 1. The van der Waals surface area contributed by atoms with E-state index in [0.717, 1.165) is 5.69 Å². The first-order chi connectivity index (χ1) is 23.5. The number of likely N-dealkylation sites (N-methyl/N-ethyl adjacent to an activating group) is 1. The third kappa shape index (κ3) is 8.67. The number of nitrogens with zero attached hydrogens (tertiary/aromatic N) is 2. The van der Waals surface area contributed by atoms with E-state index in [2.05, 4.69) is 20.9 Å². The average Bonchev–Trinajstić information content (AvgIpc) is 3.12. The quantitative estimate of drug-likeness (QED) is 0.187. The second-order valence-electron chi connectivity index (χ2n) is 12.5. The highest BCUT2D eigenvalue weighted by Gasteiger charge is 2.20. The van der Waals surface area contributed by atoms with Crippen molar-refractivity contribution in [3.63, 3.8) is 0 Å². The van der Waals surface area contributed by atoms with Crippen molar-refractivity contribution in [1.29, 1.82) is 0 Å². The number of morpholine rings is 1. The molecule has 10 nitrogen and oxygen atoms in total. The number of anilines is 2. The number of nitrogens with one attached hydrogen (secondary N) is 3. The molecule has 3 aromatic carbocycles. The summed E-state index contributed by atoms with van der Waals surface area (Å²) in [4.78, 5) is 55.8. The Kier molecular flexibility index (Phi) is 11.4. The minimum absolute atomic E-state index is 0.0467. The molecule has 4 aromatic rings. The van der Waals surface area contributed by atoms with Crippen LogP contribution in [0.5, 0.6) is 0 Å². The highest BCUT2D eigenvalue weighted by Crippen LogP contribution is 2.26. The Balaban J connectivity index is 1.61. The smallest absolute Gasteiger partial charge is 0.275 e. The second kappa shape index (κ2) is 15.8. The van der Waals surface area contributed by atoms with Crippen LogP contribution < -0.4 is 26.4 Å². The second-order valence-corrected chi connectivity index (χ2v) is 12.5. The predicted molar refractivity (Wildman–Crippen MR) is 189 cm³/mol. The molecule has 1 fully saturated rings. The van der Waals surface area contributed by atoms with E-state index >= 15 is 0 Å². The summed E-state index contributed by atoms with van der Waals surface area (Å²) < 4.78 is 20.8. The van der Waals surface area contributed by atoms with Crippen LogP contribution in [-0.4, -0.2) is 68.1 Å². The van der Waals surface area contributed by atoms with Crippen LogP contribution in [0.3, 0.4) is 0 Å². The number of halogens is 1. The lowest BCUT2D eigenvalue weighted by Gasteiger charge is -2.29. The van der Waals surface area contributed by atoms with Crippen LogP contribution in [0.15, 0.2) is 83.7 Å². The molecule has 0 aliphatic carbocycles. The van der Waals surface area contributed by atoms with Gasteiger partial charge in [-0.1, -0.05) is 26.0 Å². The maximum atomic E-state index is 14.2. The molecule has 0 saturated carbocycles. The molecule has 1 aliphatic heterocycles. The number of rotatable bonds is 12. The average molecular weight is 668 g/mol. The zero-order valence-electron chi connectivity index (χ0n) is 28.2. The third-order valence-electron chi connectivity index (χ3n) is 8.41. The standard InChI is InChI=1S/C38H42FN5O5/c1-24(2)22-41-37(47)29-7-5-6-28(20-29)34-13-12-33(42-36(46)25(3)40-4)38(48)44(34)23-26-18-30(35(45)27-8-10-31(39)11-9-27)21-32(19-26)43-14-16-49-17-15-43/h5-13,18-21,24-25,40H,14-17,22-23H2,1-4H3,(H,41,47)(H,42,46). The van der Waals surface area contributed by atoms with E-state index < -0.39 is 17.4 Å². The Morgan fingerprint density at radius 3 is 2.31 bits per heavy atom. The van der Waals surface area contributed by atoms with Crippen molar-refractivity contribution in [3.8, 4) is 11.3 Å². The first kappa shape index (κ1) is 35.2. The van der Waals surface area contributed by atoms with Gasteiger partial charge in [0, 0.05) is 42.0 Å². The maximum Gasteiger partial charge on any atom is 0.275 e. The van der Waals surface area contributed by atoms with Gasteiger partial charge < -0.3 is 30.2 Å². The molecule has 1 saturated heterocycles. The Morgan fingerprint density at radius 2 is 1.61 bits per heavy atom. The highest BCUT2D eigenvalue weighted by molar-refractivity contribution is 6.09. The van der Waals surface area contributed by atoms with Crippen molar-refractivity contribution in [2.24, 2.45) is 5.92 Å². The van der Waals surface area contributed by atoms with Crippen LogP contribution in [-0.2, 0) is 16.1 Å². The molecule has 2 amide bonds. The van der Waals surface area contributed by atoms with Gasteiger partial charge in [-0.25, -0.2) is 4.39 Å². The van der Waals surface area contributed by atoms with Gasteiger partial charge in [0.1, 0.15) is 11.5 Å². The summed E-state index contributed by atoms with van der Waals surface area (Å²) in [6.07, 6.45) is 0. The molecule has 3 N–H and O–H groups in total. The Hall–Kier alpha value is -5.13. The van der Waals surface area contributed by atoms with Crippen molar-refractivity contribution < 1.29 is 23.5 Å². The van der Waals surface area contributed by atoms with Gasteiger partial charge >= 0.3 is 0 Å². The van der Waals surface area contributed by atoms with E-state index in [0.29, 0.717) is 66.4 Å². The van der Waals surface area contributed by atoms with E-state index in [1.165, 1.54) is 28.8 Å². The van der Waals surface area contributed by atoms with Gasteiger partial charge in [-0.2, -0.15) is 0 Å². The van der Waals surface area contributed by atoms with Gasteiger partial charge in [-0.15, -0.1) is 0 Å². The third-order valence-corrected chi connectivity index (χ3v) is 8.41. The fourth-order valence-corrected chi connectivity index (χ4v) is 5.52. The minimum atomic E-state index is -0.543. The molecule has 2 heterocycles. The molecule has 0 radical (unpaired) electrons. The fourth-order valence-electron chi connectivity index (χ4n) is 5.52. The van der Waals surface area contributed by atoms with Gasteiger partial charge in [0.05, 0.1) is 31.5 Å². The molecule has 1 unspecified atom stereocenters. The van der Waals surface area contributed by atoms with Crippen molar-refractivity contribution in [1.82, 2.24) is 15.2 Å². The molecule has 49 heavy (non-hydrogen) atoms. The summed E-state index contributed by atoms with van der Waals surface area (Å²) in [5, 5.41) is 8.54. The Bertz CT molecular complexity index is 1880. The molecule has 256 valence electrons. The van der Waals surface area contributed by atoms with Crippen LogP contribution in [0.1, 0.15) is 52.6 Å². The van der Waals surface area contributed by atoms with E-state index in [-0.39, 0.29) is 35.7 Å². The van der Waals surface area contributed by atoms with Gasteiger partial charge in [0.25, 0.3) is 11.5 Å². The summed E-state index contributed by atoms with van der Waals surface area (Å²) in [5.41, 5.74) is 3.40. The molecule has 1 aromatic heterocycles. The lowest BCUT2D eigenvalue weighted by molar-refractivity contribution is -0.117.